The smallest absolute Gasteiger partial charge is 0.214 e. The summed E-state index contributed by atoms with van der Waals surface area (Å²) in [6.45, 7) is 1.43. The Morgan fingerprint density at radius 2 is 1.96 bits per heavy atom. The zero-order chi connectivity index (χ0) is 17.1. The summed E-state index contributed by atoms with van der Waals surface area (Å²) in [5, 5.41) is -0.145. The van der Waals surface area contributed by atoms with Crippen molar-refractivity contribution in [3.05, 3.63) is 46.9 Å². The first-order chi connectivity index (χ1) is 11.6. The van der Waals surface area contributed by atoms with Crippen LogP contribution in [0, 0.1) is 17.6 Å². The molecule has 0 saturated carbocycles. The van der Waals surface area contributed by atoms with Crippen LogP contribution in [0.4, 0.5) is 24.7 Å². The van der Waals surface area contributed by atoms with Gasteiger partial charge in [-0.15, -0.1) is 0 Å². The standard InChI is InChI=1S/C15H13ClF3N3OS/c16-13-10(22-6-1-2-7-22)8-9(17)15(14(13)19)24-23-21-12-5-3-4-11(18)20-12/h3-5,8H,1-2,6-7H2,(H,20,21). The van der Waals surface area contributed by atoms with Crippen LogP contribution in [0.25, 0.3) is 0 Å². The van der Waals surface area contributed by atoms with Crippen LogP contribution in [0.15, 0.2) is 29.2 Å². The third kappa shape index (κ3) is 3.71. The molecular weight excluding hydrogens is 363 g/mol. The number of nitrogens with zero attached hydrogens (tertiary/aromatic N) is 2. The van der Waals surface area contributed by atoms with Crippen LogP contribution in [-0.2, 0) is 4.28 Å². The summed E-state index contributed by atoms with van der Waals surface area (Å²) in [6, 6.07) is 5.22. The monoisotopic (exact) mass is 375 g/mol. The van der Waals surface area contributed by atoms with Gasteiger partial charge in [0.2, 0.25) is 5.95 Å². The summed E-state index contributed by atoms with van der Waals surface area (Å²) < 4.78 is 46.4. The molecule has 1 aliphatic heterocycles. The average Bonchev–Trinajstić information content (AvgIpc) is 3.08. The molecule has 1 aromatic carbocycles. The predicted molar refractivity (Wildman–Crippen MR) is 87.6 cm³/mol. The van der Waals surface area contributed by atoms with Gasteiger partial charge in [-0.05, 0) is 25.0 Å². The second kappa shape index (κ2) is 7.50. The predicted octanol–water partition coefficient (Wildman–Crippen LogP) is 4.80. The van der Waals surface area contributed by atoms with E-state index in [0.29, 0.717) is 30.8 Å². The molecule has 0 radical (unpaired) electrons. The van der Waals surface area contributed by atoms with Crippen LogP contribution in [0.2, 0.25) is 5.02 Å². The molecule has 3 rings (SSSR count). The zero-order valence-corrected chi connectivity index (χ0v) is 13.9. The lowest BCUT2D eigenvalue weighted by atomic mass is 10.2. The fraction of sp³-hybridized carbons (Fsp3) is 0.267. The van der Waals surface area contributed by atoms with Crippen LogP contribution >= 0.6 is 23.6 Å². The molecule has 2 aromatic rings. The summed E-state index contributed by atoms with van der Waals surface area (Å²) in [4.78, 5) is 4.96. The van der Waals surface area contributed by atoms with Gasteiger partial charge in [0.15, 0.2) is 11.6 Å². The van der Waals surface area contributed by atoms with Gasteiger partial charge in [0, 0.05) is 19.2 Å². The van der Waals surface area contributed by atoms with E-state index in [1.54, 1.807) is 0 Å². The maximum atomic E-state index is 14.4. The Morgan fingerprint density at radius 1 is 1.21 bits per heavy atom. The minimum absolute atomic E-state index is 0.0723. The summed E-state index contributed by atoms with van der Waals surface area (Å²) in [5.74, 6) is -2.30. The molecule has 128 valence electrons. The highest BCUT2D eigenvalue weighted by molar-refractivity contribution is 7.94. The van der Waals surface area contributed by atoms with E-state index in [2.05, 4.69) is 10.5 Å². The Morgan fingerprint density at radius 3 is 2.67 bits per heavy atom. The first-order valence-electron chi connectivity index (χ1n) is 7.21. The topological polar surface area (TPSA) is 37.4 Å². The molecule has 2 heterocycles. The van der Waals surface area contributed by atoms with Crippen LogP contribution in [0.5, 0.6) is 0 Å². The third-order valence-electron chi connectivity index (χ3n) is 3.53. The maximum absolute atomic E-state index is 14.4. The van der Waals surface area contributed by atoms with Crippen molar-refractivity contribution in [3.8, 4) is 0 Å². The largest absolute Gasteiger partial charge is 0.370 e. The van der Waals surface area contributed by atoms with Crippen molar-refractivity contribution in [1.29, 1.82) is 0 Å². The molecule has 4 nitrogen and oxygen atoms in total. The highest BCUT2D eigenvalue weighted by Crippen LogP contribution is 2.38. The van der Waals surface area contributed by atoms with Crippen molar-refractivity contribution in [2.24, 2.45) is 0 Å². The molecule has 1 aromatic heterocycles. The van der Waals surface area contributed by atoms with Gasteiger partial charge in [-0.3, -0.25) is 0 Å². The van der Waals surface area contributed by atoms with Crippen molar-refractivity contribution in [1.82, 2.24) is 4.98 Å². The Bertz CT molecular complexity index is 744. The number of aromatic nitrogens is 1. The summed E-state index contributed by atoms with van der Waals surface area (Å²) in [7, 11) is 0. The fourth-order valence-electron chi connectivity index (χ4n) is 2.40. The van der Waals surface area contributed by atoms with Crippen molar-refractivity contribution in [2.75, 3.05) is 23.5 Å². The second-order valence-electron chi connectivity index (χ2n) is 5.14. The molecule has 1 fully saturated rings. The fourth-order valence-corrected chi connectivity index (χ4v) is 3.25. The molecule has 0 bridgehead atoms. The van der Waals surface area contributed by atoms with Crippen molar-refractivity contribution >= 4 is 35.1 Å². The van der Waals surface area contributed by atoms with Gasteiger partial charge in [-0.1, -0.05) is 17.7 Å². The Kier molecular flexibility index (Phi) is 5.37. The molecule has 0 unspecified atom stereocenters. The Hall–Kier alpha value is -1.64. The molecule has 1 N–H and O–H groups in total. The number of nitrogens with one attached hydrogen (secondary N) is 1. The van der Waals surface area contributed by atoms with E-state index in [1.807, 2.05) is 4.90 Å². The molecule has 0 spiro atoms. The lowest BCUT2D eigenvalue weighted by Gasteiger charge is -2.20. The Labute approximate surface area is 146 Å². The SMILES string of the molecule is Fc1cccc(NOSc2c(F)cc(N3CCCC3)c(Cl)c2F)n1. The van der Waals surface area contributed by atoms with E-state index in [1.165, 1.54) is 18.2 Å². The van der Waals surface area contributed by atoms with E-state index in [9.17, 15) is 13.2 Å². The lowest BCUT2D eigenvalue weighted by molar-refractivity contribution is 0.458. The summed E-state index contributed by atoms with van der Waals surface area (Å²) in [5.41, 5.74) is 2.64. The van der Waals surface area contributed by atoms with Crippen LogP contribution in [0.3, 0.4) is 0 Å². The molecule has 0 aliphatic carbocycles. The highest BCUT2D eigenvalue weighted by Gasteiger charge is 2.23. The van der Waals surface area contributed by atoms with E-state index >= 15 is 0 Å². The number of benzene rings is 1. The molecular formula is C15H13ClF3N3OS. The van der Waals surface area contributed by atoms with Crippen LogP contribution < -0.4 is 10.4 Å². The quantitative estimate of drug-likeness (QED) is 0.351. The van der Waals surface area contributed by atoms with Crippen LogP contribution in [0.1, 0.15) is 12.8 Å². The van der Waals surface area contributed by atoms with Gasteiger partial charge in [0.05, 0.1) is 17.7 Å². The summed E-state index contributed by atoms with van der Waals surface area (Å²) >= 11 is 6.45. The maximum Gasteiger partial charge on any atom is 0.214 e. The van der Waals surface area contributed by atoms with Crippen molar-refractivity contribution in [2.45, 2.75) is 17.7 Å². The second-order valence-corrected chi connectivity index (χ2v) is 6.26. The number of pyridine rings is 1. The average molecular weight is 376 g/mol. The van der Waals surface area contributed by atoms with E-state index in [4.69, 9.17) is 15.9 Å². The van der Waals surface area contributed by atoms with E-state index in [0.717, 1.165) is 18.9 Å². The normalized spacial score (nSPS) is 14.2. The molecule has 9 heteroatoms. The van der Waals surface area contributed by atoms with Gasteiger partial charge in [0.1, 0.15) is 15.7 Å². The summed E-state index contributed by atoms with van der Waals surface area (Å²) in [6.07, 6.45) is 1.92. The molecule has 24 heavy (non-hydrogen) atoms. The number of anilines is 2. The number of rotatable bonds is 5. The Balaban J connectivity index is 1.72. The first-order valence-corrected chi connectivity index (χ1v) is 8.33. The van der Waals surface area contributed by atoms with Gasteiger partial charge in [0.25, 0.3) is 0 Å². The molecule has 1 saturated heterocycles. The first kappa shape index (κ1) is 17.2. The van der Waals surface area contributed by atoms with E-state index in [-0.39, 0.29) is 15.7 Å². The zero-order valence-electron chi connectivity index (χ0n) is 12.4. The van der Waals surface area contributed by atoms with E-state index < -0.39 is 17.6 Å². The van der Waals surface area contributed by atoms with Crippen molar-refractivity contribution in [3.63, 3.8) is 0 Å². The van der Waals surface area contributed by atoms with Crippen LogP contribution in [-0.4, -0.2) is 18.1 Å². The molecule has 0 atom stereocenters. The number of halogens is 4. The van der Waals surface area contributed by atoms with Gasteiger partial charge < -0.3 is 4.90 Å². The number of hydrogen-bond acceptors (Lipinski definition) is 5. The lowest BCUT2D eigenvalue weighted by Crippen LogP contribution is -2.19. The van der Waals surface area contributed by atoms with Crippen molar-refractivity contribution < 1.29 is 17.5 Å². The number of hydrogen-bond donors (Lipinski definition) is 1. The third-order valence-corrected chi connectivity index (χ3v) is 4.60. The van der Waals surface area contributed by atoms with Gasteiger partial charge >= 0.3 is 0 Å². The molecule has 1 aliphatic rings. The minimum atomic E-state index is -0.891. The molecule has 0 amide bonds. The van der Waals surface area contributed by atoms with Gasteiger partial charge in [-0.25, -0.2) is 19.2 Å². The minimum Gasteiger partial charge on any atom is -0.370 e. The van der Waals surface area contributed by atoms with Gasteiger partial charge in [-0.2, -0.15) is 8.67 Å². The highest BCUT2D eigenvalue weighted by atomic mass is 35.5.